The van der Waals surface area contributed by atoms with Crippen molar-refractivity contribution < 1.29 is 5.11 Å². The van der Waals surface area contributed by atoms with Crippen molar-refractivity contribution in [1.82, 2.24) is 10.2 Å². The number of nitrogens with one attached hydrogen (secondary N) is 1. The lowest BCUT2D eigenvalue weighted by Gasteiger charge is -2.41. The first-order valence-corrected chi connectivity index (χ1v) is 12.5. The topological polar surface area (TPSA) is 60.2 Å². The Balaban J connectivity index is 1.33. The van der Waals surface area contributed by atoms with E-state index in [4.69, 9.17) is 4.99 Å². The molecule has 1 saturated carbocycles. The molecule has 5 heteroatoms. The molecule has 1 fully saturated rings. The maximum atomic E-state index is 9.44. The molecule has 0 amide bonds. The fourth-order valence-electron chi connectivity index (χ4n) is 5.93. The summed E-state index contributed by atoms with van der Waals surface area (Å²) in [4.78, 5) is 11.9. The maximum Gasteiger partial charge on any atom is 0.121 e. The third kappa shape index (κ3) is 5.78. The zero-order chi connectivity index (χ0) is 22.6. The number of hydrogen-bond donors (Lipinski definition) is 2. The summed E-state index contributed by atoms with van der Waals surface area (Å²) in [5.74, 6) is 0.206. The Hall–Kier alpha value is -1.74. The van der Waals surface area contributed by atoms with Gasteiger partial charge in [-0.15, -0.1) is 0 Å². The van der Waals surface area contributed by atoms with E-state index in [1.54, 1.807) is 17.5 Å². The summed E-state index contributed by atoms with van der Waals surface area (Å²) in [6, 6.07) is 1.12. The van der Waals surface area contributed by atoms with Crippen LogP contribution in [0.5, 0.6) is 0 Å². The van der Waals surface area contributed by atoms with Gasteiger partial charge in [0.15, 0.2) is 0 Å². The van der Waals surface area contributed by atoms with E-state index in [1.165, 1.54) is 56.2 Å². The summed E-state index contributed by atoms with van der Waals surface area (Å²) in [6.45, 7) is 5.56. The van der Waals surface area contributed by atoms with Gasteiger partial charge in [0.05, 0.1) is 6.61 Å². The molecule has 0 spiro atoms. The summed E-state index contributed by atoms with van der Waals surface area (Å²) in [5, 5.41) is 13.5. The highest BCUT2D eigenvalue weighted by atomic mass is 16.3. The van der Waals surface area contributed by atoms with Gasteiger partial charge in [-0.1, -0.05) is 22.6 Å². The van der Waals surface area contributed by atoms with Gasteiger partial charge in [0.2, 0.25) is 0 Å². The smallest absolute Gasteiger partial charge is 0.121 e. The minimum Gasteiger partial charge on any atom is -0.396 e. The highest BCUT2D eigenvalue weighted by Crippen LogP contribution is 2.36. The molecule has 4 aliphatic rings. The fraction of sp³-hybridized carbons (Fsp3) is 0.704. The Bertz CT molecular complexity index is 879. The van der Waals surface area contributed by atoms with Crippen LogP contribution in [0.1, 0.15) is 78.1 Å². The Morgan fingerprint density at radius 1 is 1.22 bits per heavy atom. The van der Waals surface area contributed by atoms with Crippen LogP contribution >= 0.6 is 0 Å². The molecule has 4 rings (SSSR count). The molecule has 0 aromatic rings. The second-order valence-corrected chi connectivity index (χ2v) is 10.5. The molecule has 1 heterocycles. The van der Waals surface area contributed by atoms with Crippen molar-refractivity contribution in [2.75, 3.05) is 20.2 Å². The quantitative estimate of drug-likeness (QED) is 0.434. The molecule has 3 aliphatic carbocycles. The maximum absolute atomic E-state index is 9.44. The molecule has 2 unspecified atom stereocenters. The van der Waals surface area contributed by atoms with E-state index in [-0.39, 0.29) is 18.2 Å². The first kappa shape index (κ1) is 23.4. The van der Waals surface area contributed by atoms with E-state index in [0.717, 1.165) is 25.8 Å². The second kappa shape index (κ2) is 10.5. The first-order chi connectivity index (χ1) is 15.5. The van der Waals surface area contributed by atoms with Crippen LogP contribution < -0.4 is 5.32 Å². The van der Waals surface area contributed by atoms with Gasteiger partial charge in [-0.25, -0.2) is 4.99 Å². The molecule has 2 N–H and O–H groups in total. The Morgan fingerprint density at radius 2 is 2.03 bits per heavy atom. The van der Waals surface area contributed by atoms with Crippen molar-refractivity contribution in [3.8, 4) is 0 Å². The van der Waals surface area contributed by atoms with Gasteiger partial charge < -0.3 is 5.11 Å². The van der Waals surface area contributed by atoms with E-state index in [2.05, 4.69) is 47.6 Å². The third-order valence-electron chi connectivity index (χ3n) is 7.82. The predicted molar refractivity (Wildman–Crippen MR) is 132 cm³/mol. The number of rotatable bonds is 8. The van der Waals surface area contributed by atoms with Gasteiger partial charge in [0.25, 0.3) is 0 Å². The number of aliphatic hydroxyl groups is 1. The van der Waals surface area contributed by atoms with Crippen LogP contribution in [0.4, 0.5) is 0 Å². The summed E-state index contributed by atoms with van der Waals surface area (Å²) in [7, 11) is 2.24. The molecule has 32 heavy (non-hydrogen) atoms. The van der Waals surface area contributed by atoms with Crippen LogP contribution in [0.25, 0.3) is 0 Å². The van der Waals surface area contributed by atoms with Crippen molar-refractivity contribution in [3.63, 3.8) is 0 Å². The Kier molecular flexibility index (Phi) is 7.66. The van der Waals surface area contributed by atoms with E-state index < -0.39 is 0 Å². The average molecular weight is 437 g/mol. The molecule has 0 aromatic carbocycles. The fourth-order valence-corrected chi connectivity index (χ4v) is 5.93. The highest BCUT2D eigenvalue weighted by molar-refractivity contribution is 5.91. The SMILES string of the molecule is CC1=NC=NC(CC2=C(C)CCC2)(NC2CCC(N(C)CC3=C=C=CC(CO)C3)CC2)C1. The van der Waals surface area contributed by atoms with E-state index >= 15 is 0 Å². The molecule has 0 aromatic heterocycles. The monoisotopic (exact) mass is 436 g/mol. The van der Waals surface area contributed by atoms with Crippen molar-refractivity contribution in [3.05, 3.63) is 34.3 Å². The number of hydrogen-bond acceptors (Lipinski definition) is 5. The lowest BCUT2D eigenvalue weighted by molar-refractivity contribution is 0.164. The lowest BCUT2D eigenvalue weighted by atomic mass is 9.86. The average Bonchev–Trinajstić information content (AvgIpc) is 3.18. The summed E-state index contributed by atoms with van der Waals surface area (Å²) in [6.07, 6.45) is 15.2. The number of likely N-dealkylation sites (N-methyl/N-ethyl adjacent to an activating group) is 1. The standard InChI is InChI=1S/C27H40N4O/c1-20-6-4-9-24(20)16-27(15-21(2)28-19-29-27)30-25-10-12-26(13-11-25)31(3)17-22-7-5-8-23(14-22)18-32/h8,19,23,25-26,30,32H,4,6,9-18H2,1-3H3. The lowest BCUT2D eigenvalue weighted by Crippen LogP contribution is -2.53. The first-order valence-electron chi connectivity index (χ1n) is 12.5. The molecule has 0 saturated heterocycles. The van der Waals surface area contributed by atoms with Crippen LogP contribution in [-0.2, 0) is 0 Å². The van der Waals surface area contributed by atoms with Crippen molar-refractivity contribution in [2.45, 2.75) is 95.8 Å². The van der Waals surface area contributed by atoms with Crippen LogP contribution in [0.2, 0.25) is 0 Å². The summed E-state index contributed by atoms with van der Waals surface area (Å²) in [5.41, 5.74) is 11.8. The van der Waals surface area contributed by atoms with E-state index in [1.807, 2.05) is 6.08 Å². The van der Waals surface area contributed by atoms with Crippen LogP contribution in [-0.4, -0.2) is 60.0 Å². The largest absolute Gasteiger partial charge is 0.396 e. The summed E-state index contributed by atoms with van der Waals surface area (Å²) >= 11 is 0. The molecule has 1 aliphatic heterocycles. The Morgan fingerprint density at radius 3 is 2.72 bits per heavy atom. The molecule has 174 valence electrons. The normalized spacial score (nSPS) is 32.6. The van der Waals surface area contributed by atoms with Crippen molar-refractivity contribution in [1.29, 1.82) is 0 Å². The number of aliphatic imine (C=N–C) groups is 2. The molecule has 2 atom stereocenters. The zero-order valence-electron chi connectivity index (χ0n) is 20.2. The van der Waals surface area contributed by atoms with Gasteiger partial charge in [0.1, 0.15) is 12.0 Å². The molecule has 0 bridgehead atoms. The van der Waals surface area contributed by atoms with Crippen LogP contribution in [0.15, 0.2) is 44.2 Å². The molecule has 0 radical (unpaired) electrons. The Labute approximate surface area is 193 Å². The van der Waals surface area contributed by atoms with Gasteiger partial charge in [-0.05, 0) is 83.9 Å². The van der Waals surface area contributed by atoms with E-state index in [9.17, 15) is 5.11 Å². The summed E-state index contributed by atoms with van der Waals surface area (Å²) < 4.78 is 0. The minimum absolute atomic E-state index is 0.198. The van der Waals surface area contributed by atoms with Crippen LogP contribution in [0, 0.1) is 5.92 Å². The zero-order valence-corrected chi connectivity index (χ0v) is 20.2. The number of nitrogens with zero attached hydrogens (tertiary/aromatic N) is 3. The van der Waals surface area contributed by atoms with Gasteiger partial charge in [-0.3, -0.25) is 15.2 Å². The van der Waals surface area contributed by atoms with Gasteiger partial charge in [-0.2, -0.15) is 0 Å². The van der Waals surface area contributed by atoms with Gasteiger partial charge >= 0.3 is 0 Å². The van der Waals surface area contributed by atoms with Crippen molar-refractivity contribution >= 4 is 12.1 Å². The molecule has 5 nitrogen and oxygen atoms in total. The van der Waals surface area contributed by atoms with Crippen molar-refractivity contribution in [2.24, 2.45) is 15.9 Å². The number of allylic oxidation sites excluding steroid dienone is 1. The highest BCUT2D eigenvalue weighted by Gasteiger charge is 2.37. The predicted octanol–water partition coefficient (Wildman–Crippen LogP) is 4.55. The van der Waals surface area contributed by atoms with Gasteiger partial charge in [0, 0.05) is 43.1 Å². The molecular weight excluding hydrogens is 396 g/mol. The second-order valence-electron chi connectivity index (χ2n) is 10.5. The van der Waals surface area contributed by atoms with E-state index in [0.29, 0.717) is 12.1 Å². The van der Waals surface area contributed by atoms with Crippen LogP contribution in [0.3, 0.4) is 0 Å². The molecular formula is C27H40N4O. The third-order valence-corrected chi connectivity index (χ3v) is 7.82. The minimum atomic E-state index is -0.209. The number of aliphatic hydroxyl groups excluding tert-OH is 1.